The summed E-state index contributed by atoms with van der Waals surface area (Å²) in [7, 11) is 0. The van der Waals surface area contributed by atoms with E-state index in [0.717, 1.165) is 62.7 Å². The lowest BCUT2D eigenvalue weighted by Gasteiger charge is -2.50. The summed E-state index contributed by atoms with van der Waals surface area (Å²) in [6.07, 6.45) is 10.4. The smallest absolute Gasteiger partial charge is 0.226 e. The van der Waals surface area contributed by atoms with Crippen LogP contribution in [0.2, 0.25) is 0 Å². The standard InChI is InChI=1S/C19H30N4OS/c1-14(25-2)5-9-22-11-7-19(8-12-22)17-16(20-13-21-17)6-10-23(19)18(24)15-3-4-15/h13-15H,3-12H2,1-2H3,(H,20,21)/t14-/m1/s1. The van der Waals surface area contributed by atoms with Crippen molar-refractivity contribution in [3.63, 3.8) is 0 Å². The Balaban J connectivity index is 1.51. The summed E-state index contributed by atoms with van der Waals surface area (Å²) >= 11 is 1.95. The molecule has 1 N–H and O–H groups in total. The highest BCUT2D eigenvalue weighted by atomic mass is 32.2. The molecule has 1 atom stereocenters. The number of hydrogen-bond acceptors (Lipinski definition) is 4. The van der Waals surface area contributed by atoms with Crippen LogP contribution in [0.15, 0.2) is 6.33 Å². The number of aromatic nitrogens is 2. The fraction of sp³-hybridized carbons (Fsp3) is 0.789. The lowest BCUT2D eigenvalue weighted by atomic mass is 9.78. The predicted octanol–water partition coefficient (Wildman–Crippen LogP) is 2.64. The van der Waals surface area contributed by atoms with Crippen molar-refractivity contribution >= 4 is 17.7 Å². The average Bonchev–Trinajstić information content (AvgIpc) is 3.38. The van der Waals surface area contributed by atoms with E-state index >= 15 is 0 Å². The molecule has 0 bridgehead atoms. The van der Waals surface area contributed by atoms with Crippen LogP contribution in [0.5, 0.6) is 0 Å². The lowest BCUT2D eigenvalue weighted by molar-refractivity contribution is -0.143. The Hall–Kier alpha value is -1.01. The van der Waals surface area contributed by atoms with Gasteiger partial charge in [-0.05, 0) is 44.9 Å². The second-order valence-corrected chi connectivity index (χ2v) is 9.23. The number of nitrogens with zero attached hydrogens (tertiary/aromatic N) is 3. The van der Waals surface area contributed by atoms with Crippen molar-refractivity contribution in [1.82, 2.24) is 19.8 Å². The molecule has 1 saturated carbocycles. The quantitative estimate of drug-likeness (QED) is 0.875. The third-order valence-electron chi connectivity index (χ3n) is 6.39. The Labute approximate surface area is 154 Å². The maximum absolute atomic E-state index is 13.0. The van der Waals surface area contributed by atoms with Crippen molar-refractivity contribution in [2.45, 2.75) is 56.2 Å². The zero-order valence-electron chi connectivity index (χ0n) is 15.5. The molecule has 1 saturated heterocycles. The molecule has 4 rings (SSSR count). The first-order valence-corrected chi connectivity index (χ1v) is 11.0. The van der Waals surface area contributed by atoms with Crippen molar-refractivity contribution < 1.29 is 4.79 Å². The molecule has 2 fully saturated rings. The number of hydrogen-bond donors (Lipinski definition) is 1. The molecular weight excluding hydrogens is 332 g/mol. The maximum atomic E-state index is 13.0. The molecule has 6 heteroatoms. The number of rotatable bonds is 5. The minimum Gasteiger partial charge on any atom is -0.348 e. The number of nitrogens with one attached hydrogen (secondary N) is 1. The fourth-order valence-electron chi connectivity index (χ4n) is 4.49. The molecule has 1 spiro atoms. The number of piperidine rings is 1. The minimum atomic E-state index is -0.158. The van der Waals surface area contributed by atoms with Gasteiger partial charge in [-0.25, -0.2) is 4.98 Å². The Kier molecular flexibility index (Phi) is 4.84. The first kappa shape index (κ1) is 17.4. The van der Waals surface area contributed by atoms with E-state index in [0.29, 0.717) is 5.91 Å². The van der Waals surface area contributed by atoms with E-state index in [9.17, 15) is 4.79 Å². The van der Waals surface area contributed by atoms with Crippen LogP contribution < -0.4 is 0 Å². The molecule has 138 valence electrons. The Morgan fingerprint density at radius 1 is 1.40 bits per heavy atom. The summed E-state index contributed by atoms with van der Waals surface area (Å²) in [6.45, 7) is 6.48. The van der Waals surface area contributed by atoms with E-state index in [2.05, 4.69) is 32.9 Å². The van der Waals surface area contributed by atoms with Gasteiger partial charge in [-0.2, -0.15) is 11.8 Å². The molecule has 3 aliphatic rings. The number of H-pyrrole nitrogens is 1. The van der Waals surface area contributed by atoms with Gasteiger partial charge in [0.2, 0.25) is 5.91 Å². The molecule has 1 aromatic heterocycles. The largest absolute Gasteiger partial charge is 0.348 e. The van der Waals surface area contributed by atoms with Gasteiger partial charge >= 0.3 is 0 Å². The number of carbonyl (C=O) groups is 1. The molecule has 1 aliphatic carbocycles. The molecule has 5 nitrogen and oxygen atoms in total. The van der Waals surface area contributed by atoms with Gasteiger partial charge < -0.3 is 14.8 Å². The van der Waals surface area contributed by atoms with Crippen LogP contribution in [0, 0.1) is 5.92 Å². The number of carbonyl (C=O) groups excluding carboxylic acids is 1. The van der Waals surface area contributed by atoms with Crippen molar-refractivity contribution in [3.8, 4) is 0 Å². The highest BCUT2D eigenvalue weighted by Gasteiger charge is 2.50. The molecule has 25 heavy (non-hydrogen) atoms. The molecular formula is C19H30N4OS. The second kappa shape index (κ2) is 6.95. The van der Waals surface area contributed by atoms with Gasteiger partial charge in [0, 0.05) is 42.9 Å². The number of thioether (sulfide) groups is 1. The van der Waals surface area contributed by atoms with Crippen LogP contribution in [0.4, 0.5) is 0 Å². The van der Waals surface area contributed by atoms with Gasteiger partial charge in [-0.1, -0.05) is 6.92 Å². The van der Waals surface area contributed by atoms with E-state index in [1.807, 2.05) is 18.1 Å². The molecule has 1 aromatic rings. The molecule has 0 unspecified atom stereocenters. The van der Waals surface area contributed by atoms with Crippen LogP contribution in [-0.2, 0) is 16.8 Å². The summed E-state index contributed by atoms with van der Waals surface area (Å²) < 4.78 is 0. The van der Waals surface area contributed by atoms with Crippen LogP contribution in [0.25, 0.3) is 0 Å². The third-order valence-corrected chi connectivity index (χ3v) is 7.43. The molecule has 2 aliphatic heterocycles. The number of amides is 1. The van der Waals surface area contributed by atoms with Gasteiger partial charge in [0.25, 0.3) is 0 Å². The van der Waals surface area contributed by atoms with Crippen molar-refractivity contribution in [3.05, 3.63) is 17.7 Å². The minimum absolute atomic E-state index is 0.158. The zero-order chi connectivity index (χ0) is 17.4. The van der Waals surface area contributed by atoms with Gasteiger partial charge in [0.1, 0.15) is 0 Å². The summed E-state index contributed by atoms with van der Waals surface area (Å²) in [6, 6.07) is 0. The Morgan fingerprint density at radius 3 is 2.84 bits per heavy atom. The Bertz CT molecular complexity index is 619. The van der Waals surface area contributed by atoms with Crippen LogP contribution in [-0.4, -0.2) is 63.4 Å². The molecule has 0 radical (unpaired) electrons. The van der Waals surface area contributed by atoms with E-state index in [1.165, 1.54) is 18.7 Å². The summed E-state index contributed by atoms with van der Waals surface area (Å²) in [5.74, 6) is 0.677. The van der Waals surface area contributed by atoms with E-state index in [1.54, 1.807) is 0 Å². The normalized spacial score (nSPS) is 24.3. The number of aromatic amines is 1. The fourth-order valence-corrected chi connectivity index (χ4v) is 4.83. The van der Waals surface area contributed by atoms with Gasteiger partial charge in [0.05, 0.1) is 17.6 Å². The highest BCUT2D eigenvalue weighted by molar-refractivity contribution is 7.99. The van der Waals surface area contributed by atoms with Crippen molar-refractivity contribution in [1.29, 1.82) is 0 Å². The summed E-state index contributed by atoms with van der Waals surface area (Å²) in [5, 5.41) is 0.719. The van der Waals surface area contributed by atoms with E-state index < -0.39 is 0 Å². The second-order valence-electron chi connectivity index (χ2n) is 7.95. The maximum Gasteiger partial charge on any atom is 0.226 e. The summed E-state index contributed by atoms with van der Waals surface area (Å²) in [4.78, 5) is 25.8. The lowest BCUT2D eigenvalue weighted by Crippen LogP contribution is -2.58. The monoisotopic (exact) mass is 362 g/mol. The first-order chi connectivity index (χ1) is 12.1. The van der Waals surface area contributed by atoms with Crippen LogP contribution >= 0.6 is 11.8 Å². The van der Waals surface area contributed by atoms with Gasteiger partial charge in [-0.15, -0.1) is 0 Å². The predicted molar refractivity (Wildman–Crippen MR) is 102 cm³/mol. The van der Waals surface area contributed by atoms with Crippen molar-refractivity contribution in [2.24, 2.45) is 5.92 Å². The molecule has 1 amide bonds. The Morgan fingerprint density at radius 2 is 2.16 bits per heavy atom. The van der Waals surface area contributed by atoms with E-state index in [-0.39, 0.29) is 11.5 Å². The van der Waals surface area contributed by atoms with Crippen molar-refractivity contribution in [2.75, 3.05) is 32.4 Å². The van der Waals surface area contributed by atoms with Gasteiger partial charge in [0.15, 0.2) is 0 Å². The zero-order valence-corrected chi connectivity index (χ0v) is 16.3. The number of likely N-dealkylation sites (tertiary alicyclic amines) is 1. The van der Waals surface area contributed by atoms with Gasteiger partial charge in [-0.3, -0.25) is 4.79 Å². The first-order valence-electron chi connectivity index (χ1n) is 9.73. The SMILES string of the molecule is CS[C@H](C)CCN1CCC2(CC1)c1nc[nH]c1CCN2C(=O)C1CC1. The average molecular weight is 363 g/mol. The van der Waals surface area contributed by atoms with Crippen LogP contribution in [0.3, 0.4) is 0 Å². The third kappa shape index (κ3) is 3.23. The number of imidazole rings is 1. The number of fused-ring (bicyclic) bond motifs is 2. The topological polar surface area (TPSA) is 52.2 Å². The van der Waals surface area contributed by atoms with E-state index in [4.69, 9.17) is 0 Å². The van der Waals surface area contributed by atoms with Crippen LogP contribution in [0.1, 0.15) is 50.4 Å². The molecule has 3 heterocycles. The summed E-state index contributed by atoms with van der Waals surface area (Å²) in [5.41, 5.74) is 2.25. The molecule has 0 aromatic carbocycles. The highest BCUT2D eigenvalue weighted by Crippen LogP contribution is 2.45.